The molecule has 43 heavy (non-hydrogen) atoms. The van der Waals surface area contributed by atoms with Gasteiger partial charge in [-0.2, -0.15) is 0 Å². The van der Waals surface area contributed by atoms with E-state index in [0.717, 1.165) is 32.9 Å². The van der Waals surface area contributed by atoms with E-state index < -0.39 is 0 Å². The van der Waals surface area contributed by atoms with Crippen LogP contribution in [0.5, 0.6) is 0 Å². The lowest BCUT2D eigenvalue weighted by atomic mass is 10.0. The number of ketones is 2. The van der Waals surface area contributed by atoms with Crippen molar-refractivity contribution in [3.05, 3.63) is 153 Å². The van der Waals surface area contributed by atoms with Crippen molar-refractivity contribution < 1.29 is 14.0 Å². The molecule has 4 aromatic carbocycles. The molecule has 0 fully saturated rings. The van der Waals surface area contributed by atoms with Gasteiger partial charge in [-0.05, 0) is 26.0 Å². The second-order valence-corrected chi connectivity index (χ2v) is 10.8. The van der Waals surface area contributed by atoms with Gasteiger partial charge in [0.1, 0.15) is 11.5 Å². The van der Waals surface area contributed by atoms with Crippen LogP contribution in [0.15, 0.2) is 119 Å². The molecule has 208 valence electrons. The molecule has 2 N–H and O–H groups in total. The highest BCUT2D eigenvalue weighted by atomic mass is 16.3. The van der Waals surface area contributed by atoms with Crippen molar-refractivity contribution in [2.45, 2.75) is 13.8 Å². The molecule has 0 amide bonds. The Hall–Kier alpha value is -5.75. The third kappa shape index (κ3) is 4.79. The summed E-state index contributed by atoms with van der Waals surface area (Å²) < 4.78 is 6.24. The summed E-state index contributed by atoms with van der Waals surface area (Å²) in [5.41, 5.74) is 7.34. The number of hydrogen-bond acceptors (Lipinski definition) is 4. The van der Waals surface area contributed by atoms with Crippen molar-refractivity contribution >= 4 is 33.4 Å². The fraction of sp³-hybridized carbons (Fsp3) is 0.0541. The summed E-state index contributed by atoms with van der Waals surface area (Å²) in [6, 6.07) is 29.1. The SMILES string of the molecule is Cc1ccc(C(=O)c2c[nH]c3cc(-c4cc(=O)cc(-c5ccc6c(C(=O)c7ccc(C)cc7)c[nH]c6c5)o4)ccc23)cc1. The van der Waals surface area contributed by atoms with Gasteiger partial charge in [-0.1, -0.05) is 83.9 Å². The summed E-state index contributed by atoms with van der Waals surface area (Å²) in [6.45, 7) is 3.97. The maximum atomic E-state index is 13.1. The Morgan fingerprint density at radius 1 is 0.558 bits per heavy atom. The molecular formula is C37H26N2O4. The van der Waals surface area contributed by atoms with Crippen LogP contribution in [0.25, 0.3) is 44.5 Å². The van der Waals surface area contributed by atoms with E-state index >= 15 is 0 Å². The molecule has 0 atom stereocenters. The Labute approximate surface area is 246 Å². The van der Waals surface area contributed by atoms with Crippen LogP contribution in [0.4, 0.5) is 0 Å². The topological polar surface area (TPSA) is 95.9 Å². The van der Waals surface area contributed by atoms with Crippen molar-refractivity contribution in [2.75, 3.05) is 0 Å². The first kappa shape index (κ1) is 26.2. The number of H-pyrrole nitrogens is 2. The van der Waals surface area contributed by atoms with Crippen LogP contribution in [0.2, 0.25) is 0 Å². The minimum absolute atomic E-state index is 0.0593. The summed E-state index contributed by atoms with van der Waals surface area (Å²) in [6.07, 6.45) is 3.43. The highest BCUT2D eigenvalue weighted by Gasteiger charge is 2.17. The molecule has 0 spiro atoms. The van der Waals surface area contributed by atoms with E-state index in [0.29, 0.717) is 44.9 Å². The second kappa shape index (κ2) is 10.3. The molecule has 6 nitrogen and oxygen atoms in total. The number of hydrogen-bond donors (Lipinski definition) is 2. The lowest BCUT2D eigenvalue weighted by Crippen LogP contribution is -2.00. The van der Waals surface area contributed by atoms with Crippen LogP contribution in [-0.2, 0) is 0 Å². The third-order valence-corrected chi connectivity index (χ3v) is 7.82. The normalized spacial score (nSPS) is 11.3. The molecule has 0 bridgehead atoms. The highest BCUT2D eigenvalue weighted by molar-refractivity contribution is 6.17. The van der Waals surface area contributed by atoms with Crippen molar-refractivity contribution in [3.8, 4) is 22.6 Å². The standard InChI is InChI=1S/C37H26N2O4/c1-21-3-7-23(8-4-21)36(41)30-19-38-32-15-25(11-13-28(30)32)34-17-27(40)18-35(43-34)26-12-14-29-31(20-39-33(29)16-26)37(42)24-9-5-22(2)6-10-24/h3-20,38-39H,1-2H3. The molecule has 7 aromatic rings. The summed E-state index contributed by atoms with van der Waals surface area (Å²) in [5.74, 6) is 0.700. The summed E-state index contributed by atoms with van der Waals surface area (Å²) in [4.78, 5) is 45.5. The zero-order valence-corrected chi connectivity index (χ0v) is 23.5. The van der Waals surface area contributed by atoms with Crippen molar-refractivity contribution in [1.82, 2.24) is 9.97 Å². The fourth-order valence-electron chi connectivity index (χ4n) is 5.42. The molecule has 3 heterocycles. The van der Waals surface area contributed by atoms with Gasteiger partial charge in [0, 0.05) is 79.7 Å². The van der Waals surface area contributed by atoms with E-state index in [9.17, 15) is 14.4 Å². The van der Waals surface area contributed by atoms with Gasteiger partial charge in [0.15, 0.2) is 17.0 Å². The summed E-state index contributed by atoms with van der Waals surface area (Å²) in [5, 5.41) is 1.59. The van der Waals surface area contributed by atoms with Crippen molar-refractivity contribution in [1.29, 1.82) is 0 Å². The first-order chi connectivity index (χ1) is 20.8. The lowest BCUT2D eigenvalue weighted by molar-refractivity contribution is 0.103. The van der Waals surface area contributed by atoms with Gasteiger partial charge < -0.3 is 14.4 Å². The molecule has 0 radical (unpaired) electrons. The maximum Gasteiger partial charge on any atom is 0.195 e. The Morgan fingerprint density at radius 2 is 0.977 bits per heavy atom. The van der Waals surface area contributed by atoms with E-state index in [-0.39, 0.29) is 17.0 Å². The molecule has 7 rings (SSSR count). The lowest BCUT2D eigenvalue weighted by Gasteiger charge is -2.07. The molecule has 3 aromatic heterocycles. The van der Waals surface area contributed by atoms with Crippen LogP contribution < -0.4 is 5.43 Å². The molecule has 0 aliphatic carbocycles. The Bertz CT molecular complexity index is 2090. The number of carbonyl (C=O) groups is 2. The molecule has 0 aliphatic heterocycles. The third-order valence-electron chi connectivity index (χ3n) is 7.82. The first-order valence-corrected chi connectivity index (χ1v) is 13.9. The molecule has 0 saturated heterocycles. The largest absolute Gasteiger partial charge is 0.456 e. The smallest absolute Gasteiger partial charge is 0.195 e. The van der Waals surface area contributed by atoms with Gasteiger partial charge in [-0.15, -0.1) is 0 Å². The number of rotatable bonds is 6. The van der Waals surface area contributed by atoms with Gasteiger partial charge in [-0.25, -0.2) is 0 Å². The van der Waals surface area contributed by atoms with Crippen molar-refractivity contribution in [2.24, 2.45) is 0 Å². The predicted molar refractivity (Wildman–Crippen MR) is 169 cm³/mol. The van der Waals surface area contributed by atoms with Crippen LogP contribution >= 0.6 is 0 Å². The molecule has 6 heteroatoms. The van der Waals surface area contributed by atoms with Gasteiger partial charge in [0.25, 0.3) is 0 Å². The Kier molecular flexibility index (Phi) is 6.25. The van der Waals surface area contributed by atoms with Gasteiger partial charge >= 0.3 is 0 Å². The second-order valence-electron chi connectivity index (χ2n) is 10.8. The highest BCUT2D eigenvalue weighted by Crippen LogP contribution is 2.31. The van der Waals surface area contributed by atoms with E-state index in [1.54, 1.807) is 12.4 Å². The minimum atomic E-state index is -0.195. The average Bonchev–Trinajstić information content (AvgIpc) is 3.64. The van der Waals surface area contributed by atoms with E-state index in [1.807, 2.05) is 98.8 Å². The summed E-state index contributed by atoms with van der Waals surface area (Å²) >= 11 is 0. The molecule has 0 aliphatic rings. The fourth-order valence-corrected chi connectivity index (χ4v) is 5.42. The van der Waals surface area contributed by atoms with E-state index in [2.05, 4.69) is 9.97 Å². The quantitative estimate of drug-likeness (QED) is 0.201. The van der Waals surface area contributed by atoms with Crippen LogP contribution in [0, 0.1) is 13.8 Å². The average molecular weight is 563 g/mol. The zero-order chi connectivity index (χ0) is 29.7. The number of aryl methyl sites for hydroxylation is 2. The Morgan fingerprint density at radius 3 is 1.40 bits per heavy atom. The van der Waals surface area contributed by atoms with Gasteiger partial charge in [0.05, 0.1) is 0 Å². The number of nitrogens with one attached hydrogen (secondary N) is 2. The van der Waals surface area contributed by atoms with Crippen molar-refractivity contribution in [3.63, 3.8) is 0 Å². The summed E-state index contributed by atoms with van der Waals surface area (Å²) in [7, 11) is 0. The molecule has 0 saturated carbocycles. The minimum Gasteiger partial charge on any atom is -0.456 e. The first-order valence-electron chi connectivity index (χ1n) is 13.9. The van der Waals surface area contributed by atoms with Gasteiger partial charge in [0.2, 0.25) is 0 Å². The number of aromatic nitrogens is 2. The zero-order valence-electron chi connectivity index (χ0n) is 23.5. The number of benzene rings is 4. The van der Waals surface area contributed by atoms with E-state index in [1.165, 1.54) is 12.1 Å². The van der Waals surface area contributed by atoms with Gasteiger partial charge in [-0.3, -0.25) is 14.4 Å². The van der Waals surface area contributed by atoms with Crippen LogP contribution in [0.3, 0.4) is 0 Å². The van der Waals surface area contributed by atoms with Crippen LogP contribution in [-0.4, -0.2) is 21.5 Å². The number of fused-ring (bicyclic) bond motifs is 2. The maximum absolute atomic E-state index is 13.1. The van der Waals surface area contributed by atoms with E-state index in [4.69, 9.17) is 4.42 Å². The number of carbonyl (C=O) groups excluding carboxylic acids is 2. The monoisotopic (exact) mass is 562 g/mol. The van der Waals surface area contributed by atoms with Crippen LogP contribution in [0.1, 0.15) is 43.0 Å². The number of aromatic amines is 2. The molecular weight excluding hydrogens is 536 g/mol. The predicted octanol–water partition coefficient (Wildman–Crippen LogP) is 8.02. The molecule has 0 unspecified atom stereocenters. The Balaban J connectivity index is 1.21.